The Balaban J connectivity index is 1.94. The number of carbonyl (C=O) groups excluding carboxylic acids is 1. The average Bonchev–Trinajstić information content (AvgIpc) is 3.10. The van der Waals surface area contributed by atoms with Gasteiger partial charge in [0.05, 0.1) is 13.7 Å². The number of carbonyl (C=O) groups is 1. The number of aromatic nitrogens is 1. The highest BCUT2D eigenvalue weighted by Gasteiger charge is 2.31. The second kappa shape index (κ2) is 10.0. The minimum absolute atomic E-state index is 0.0592. The number of methoxy groups -OCH3 is 2. The van der Waals surface area contributed by atoms with Gasteiger partial charge >= 0.3 is 0 Å². The van der Waals surface area contributed by atoms with E-state index in [4.69, 9.17) is 9.47 Å². The molecule has 1 heterocycles. The standard InChI is InChI=1S/C26H34N2O3/c1-26(2,3)23(16-25(29)27-14-15-30-4)22-18-28(24-9-7-6-8-21(22)24)17-19-10-12-20(31-5)13-11-19/h6-13,18,23H,14-17H2,1-5H3,(H,27,29). The summed E-state index contributed by atoms with van der Waals surface area (Å²) >= 11 is 0. The van der Waals surface area contributed by atoms with Gasteiger partial charge in [-0.3, -0.25) is 4.79 Å². The molecule has 0 fully saturated rings. The summed E-state index contributed by atoms with van der Waals surface area (Å²) < 4.78 is 12.6. The molecule has 0 saturated carbocycles. The lowest BCUT2D eigenvalue weighted by Gasteiger charge is -2.30. The van der Waals surface area contributed by atoms with Gasteiger partial charge in [-0.2, -0.15) is 0 Å². The molecule has 166 valence electrons. The van der Waals surface area contributed by atoms with Crippen molar-refractivity contribution < 1.29 is 14.3 Å². The number of hydrogen-bond acceptors (Lipinski definition) is 3. The Hall–Kier alpha value is -2.79. The van der Waals surface area contributed by atoms with Crippen LogP contribution < -0.4 is 10.1 Å². The first-order valence-corrected chi connectivity index (χ1v) is 10.8. The fourth-order valence-electron chi connectivity index (χ4n) is 4.04. The van der Waals surface area contributed by atoms with Crippen molar-refractivity contribution in [2.24, 2.45) is 5.41 Å². The quantitative estimate of drug-likeness (QED) is 0.495. The van der Waals surface area contributed by atoms with Crippen LogP contribution in [0.3, 0.4) is 0 Å². The number of para-hydroxylation sites is 1. The van der Waals surface area contributed by atoms with Crippen molar-refractivity contribution in [3.63, 3.8) is 0 Å². The third-order valence-electron chi connectivity index (χ3n) is 5.77. The Labute approximate surface area is 185 Å². The summed E-state index contributed by atoms with van der Waals surface area (Å²) in [6.07, 6.45) is 2.68. The zero-order valence-corrected chi connectivity index (χ0v) is 19.3. The van der Waals surface area contributed by atoms with Crippen LogP contribution in [0.1, 0.15) is 44.2 Å². The molecule has 1 aromatic heterocycles. The summed E-state index contributed by atoms with van der Waals surface area (Å²) in [7, 11) is 3.32. The number of benzene rings is 2. The van der Waals surface area contributed by atoms with E-state index in [0.717, 1.165) is 12.3 Å². The summed E-state index contributed by atoms with van der Waals surface area (Å²) in [5.74, 6) is 1.01. The van der Waals surface area contributed by atoms with Crippen LogP contribution in [0, 0.1) is 5.41 Å². The molecule has 31 heavy (non-hydrogen) atoms. The van der Waals surface area contributed by atoms with Crippen LogP contribution in [0.2, 0.25) is 0 Å². The SMILES string of the molecule is COCCNC(=O)CC(c1cn(Cc2ccc(OC)cc2)c2ccccc12)C(C)(C)C. The molecule has 3 aromatic rings. The van der Waals surface area contributed by atoms with Crippen molar-refractivity contribution in [3.05, 3.63) is 65.9 Å². The molecule has 5 nitrogen and oxygen atoms in total. The van der Waals surface area contributed by atoms with Crippen LogP contribution in [0.5, 0.6) is 5.75 Å². The van der Waals surface area contributed by atoms with E-state index in [2.05, 4.69) is 73.3 Å². The Morgan fingerprint density at radius 2 is 1.77 bits per heavy atom. The molecule has 0 saturated heterocycles. The van der Waals surface area contributed by atoms with Crippen molar-refractivity contribution >= 4 is 16.8 Å². The molecule has 0 aliphatic heterocycles. The van der Waals surface area contributed by atoms with Crippen molar-refractivity contribution in [3.8, 4) is 5.75 Å². The van der Waals surface area contributed by atoms with E-state index in [1.807, 2.05) is 12.1 Å². The molecule has 0 aliphatic carbocycles. The van der Waals surface area contributed by atoms with Gasteiger partial charge in [-0.25, -0.2) is 0 Å². The van der Waals surface area contributed by atoms with Gasteiger partial charge in [0, 0.05) is 43.7 Å². The Morgan fingerprint density at radius 3 is 2.42 bits per heavy atom. The average molecular weight is 423 g/mol. The lowest BCUT2D eigenvalue weighted by Crippen LogP contribution is -2.31. The van der Waals surface area contributed by atoms with E-state index in [-0.39, 0.29) is 17.2 Å². The predicted molar refractivity (Wildman–Crippen MR) is 126 cm³/mol. The molecule has 0 spiro atoms. The van der Waals surface area contributed by atoms with Crippen LogP contribution >= 0.6 is 0 Å². The number of ether oxygens (including phenoxy) is 2. The van der Waals surface area contributed by atoms with Gasteiger partial charge in [0.1, 0.15) is 5.75 Å². The Bertz CT molecular complexity index is 1000. The van der Waals surface area contributed by atoms with Gasteiger partial charge in [0.2, 0.25) is 5.91 Å². The maximum absolute atomic E-state index is 12.7. The third-order valence-corrected chi connectivity index (χ3v) is 5.77. The first-order chi connectivity index (χ1) is 14.8. The number of amides is 1. The first-order valence-electron chi connectivity index (χ1n) is 10.8. The molecule has 3 rings (SSSR count). The largest absolute Gasteiger partial charge is 0.497 e. The maximum atomic E-state index is 12.7. The number of hydrogen-bond donors (Lipinski definition) is 1. The van der Waals surface area contributed by atoms with Crippen LogP contribution in [0.25, 0.3) is 10.9 Å². The smallest absolute Gasteiger partial charge is 0.220 e. The molecule has 5 heteroatoms. The number of fused-ring (bicyclic) bond motifs is 1. The van der Waals surface area contributed by atoms with Gasteiger partial charge in [0.25, 0.3) is 0 Å². The van der Waals surface area contributed by atoms with E-state index in [1.165, 1.54) is 22.0 Å². The molecule has 1 atom stereocenters. The maximum Gasteiger partial charge on any atom is 0.220 e. The highest BCUT2D eigenvalue weighted by atomic mass is 16.5. The fraction of sp³-hybridized carbons (Fsp3) is 0.423. The molecule has 0 aliphatic rings. The van der Waals surface area contributed by atoms with Gasteiger partial charge in [-0.15, -0.1) is 0 Å². The molecule has 1 amide bonds. The van der Waals surface area contributed by atoms with E-state index in [1.54, 1.807) is 14.2 Å². The topological polar surface area (TPSA) is 52.5 Å². The summed E-state index contributed by atoms with van der Waals surface area (Å²) in [6.45, 7) is 8.43. The minimum atomic E-state index is -0.0618. The monoisotopic (exact) mass is 422 g/mol. The number of rotatable bonds is 9. The molecular formula is C26H34N2O3. The Kier molecular flexibility index (Phi) is 7.39. The highest BCUT2D eigenvalue weighted by molar-refractivity contribution is 5.86. The van der Waals surface area contributed by atoms with E-state index in [0.29, 0.717) is 19.6 Å². The van der Waals surface area contributed by atoms with Gasteiger partial charge in [0.15, 0.2) is 0 Å². The van der Waals surface area contributed by atoms with Gasteiger partial charge in [-0.05, 0) is 40.7 Å². The Morgan fingerprint density at radius 1 is 1.06 bits per heavy atom. The summed E-state index contributed by atoms with van der Waals surface area (Å²) in [5, 5.41) is 4.19. The van der Waals surface area contributed by atoms with E-state index in [9.17, 15) is 4.79 Å². The highest BCUT2D eigenvalue weighted by Crippen LogP contribution is 2.41. The summed E-state index contributed by atoms with van der Waals surface area (Å²) in [5.41, 5.74) is 3.55. The van der Waals surface area contributed by atoms with Gasteiger partial charge in [-0.1, -0.05) is 51.1 Å². The zero-order valence-electron chi connectivity index (χ0n) is 19.3. The van der Waals surface area contributed by atoms with Crippen molar-refractivity contribution in [1.29, 1.82) is 0 Å². The lowest BCUT2D eigenvalue weighted by molar-refractivity contribution is -0.122. The fourth-order valence-corrected chi connectivity index (χ4v) is 4.04. The van der Waals surface area contributed by atoms with Crippen LogP contribution in [-0.2, 0) is 16.1 Å². The van der Waals surface area contributed by atoms with Crippen molar-refractivity contribution in [2.45, 2.75) is 39.7 Å². The summed E-state index contributed by atoms with van der Waals surface area (Å²) in [6, 6.07) is 16.6. The summed E-state index contributed by atoms with van der Waals surface area (Å²) in [4.78, 5) is 12.7. The third kappa shape index (κ3) is 5.67. The molecule has 0 radical (unpaired) electrons. The second-order valence-corrected chi connectivity index (χ2v) is 9.04. The molecule has 0 bridgehead atoms. The molecule has 2 aromatic carbocycles. The molecular weight excluding hydrogens is 388 g/mol. The van der Waals surface area contributed by atoms with E-state index >= 15 is 0 Å². The van der Waals surface area contributed by atoms with Crippen molar-refractivity contribution in [1.82, 2.24) is 9.88 Å². The lowest BCUT2D eigenvalue weighted by atomic mass is 9.74. The number of nitrogens with zero attached hydrogens (tertiary/aromatic N) is 1. The van der Waals surface area contributed by atoms with E-state index < -0.39 is 0 Å². The minimum Gasteiger partial charge on any atom is -0.497 e. The van der Waals surface area contributed by atoms with Crippen LogP contribution in [0.15, 0.2) is 54.7 Å². The molecule has 1 unspecified atom stereocenters. The molecule has 1 N–H and O–H groups in total. The number of nitrogens with one attached hydrogen (secondary N) is 1. The van der Waals surface area contributed by atoms with Crippen LogP contribution in [0.4, 0.5) is 0 Å². The normalized spacial score (nSPS) is 12.7. The predicted octanol–water partition coefficient (Wildman–Crippen LogP) is 4.98. The van der Waals surface area contributed by atoms with Crippen molar-refractivity contribution in [2.75, 3.05) is 27.4 Å². The van der Waals surface area contributed by atoms with Gasteiger partial charge < -0.3 is 19.4 Å². The zero-order chi connectivity index (χ0) is 22.4. The van der Waals surface area contributed by atoms with Crippen LogP contribution in [-0.4, -0.2) is 37.8 Å². The second-order valence-electron chi connectivity index (χ2n) is 9.04. The first kappa shape index (κ1) is 22.9.